The minimum Gasteiger partial charge on any atom is -0.328 e. The first-order valence-electron chi connectivity index (χ1n) is 5.12. The van der Waals surface area contributed by atoms with Crippen LogP contribution in [-0.4, -0.2) is 15.8 Å². The molecule has 3 nitrogen and oxygen atoms in total. The maximum Gasteiger partial charge on any atom is 0.124 e. The van der Waals surface area contributed by atoms with Crippen LogP contribution in [0.15, 0.2) is 24.5 Å². The van der Waals surface area contributed by atoms with Crippen molar-refractivity contribution in [1.29, 1.82) is 0 Å². The molecule has 0 saturated heterocycles. The Morgan fingerprint density at radius 3 is 2.93 bits per heavy atom. The zero-order valence-electron chi connectivity index (χ0n) is 8.97. The van der Waals surface area contributed by atoms with Crippen LogP contribution in [0.2, 0.25) is 0 Å². The second-order valence-corrected chi connectivity index (χ2v) is 3.90. The minimum absolute atomic E-state index is 0.364. The van der Waals surface area contributed by atoms with E-state index in [2.05, 4.69) is 23.4 Å². The molecule has 3 heteroatoms. The molecule has 0 aliphatic heterocycles. The van der Waals surface area contributed by atoms with Gasteiger partial charge in [0.1, 0.15) is 6.29 Å². The molecule has 0 unspecified atom stereocenters. The molecular weight excluding hydrogens is 188 g/mol. The Labute approximate surface area is 88.7 Å². The molecule has 1 heterocycles. The van der Waals surface area contributed by atoms with Crippen LogP contribution in [0.4, 0.5) is 0 Å². The molecule has 0 saturated carbocycles. The average molecular weight is 202 g/mol. The molecule has 1 aromatic heterocycles. The first-order valence-corrected chi connectivity index (χ1v) is 5.12. The smallest absolute Gasteiger partial charge is 0.124 e. The fourth-order valence-electron chi connectivity index (χ4n) is 1.81. The van der Waals surface area contributed by atoms with Gasteiger partial charge >= 0.3 is 0 Å². The molecule has 78 valence electrons. The molecule has 0 spiro atoms. The van der Waals surface area contributed by atoms with E-state index in [0.29, 0.717) is 12.5 Å². The molecule has 0 aliphatic rings. The van der Waals surface area contributed by atoms with Gasteiger partial charge in [0.25, 0.3) is 0 Å². The Balaban J connectivity index is 2.68. The third kappa shape index (κ3) is 1.65. The van der Waals surface area contributed by atoms with Crippen molar-refractivity contribution in [3.05, 3.63) is 30.1 Å². The lowest BCUT2D eigenvalue weighted by Gasteiger charge is -2.10. The van der Waals surface area contributed by atoms with Crippen LogP contribution in [0.1, 0.15) is 25.5 Å². The van der Waals surface area contributed by atoms with E-state index in [4.69, 9.17) is 0 Å². The molecule has 15 heavy (non-hydrogen) atoms. The van der Waals surface area contributed by atoms with Gasteiger partial charge in [0.05, 0.1) is 17.4 Å². The molecule has 0 N–H and O–H groups in total. The van der Waals surface area contributed by atoms with Crippen molar-refractivity contribution in [3.63, 3.8) is 0 Å². The molecule has 2 aromatic rings. The number of para-hydroxylation sites is 1. The van der Waals surface area contributed by atoms with Gasteiger partial charge in [-0.2, -0.15) is 0 Å². The number of nitrogens with zero attached hydrogens (tertiary/aromatic N) is 2. The summed E-state index contributed by atoms with van der Waals surface area (Å²) in [4.78, 5) is 14.9. The summed E-state index contributed by atoms with van der Waals surface area (Å²) in [5.74, 6) is 0. The molecule has 0 radical (unpaired) electrons. The van der Waals surface area contributed by atoms with Gasteiger partial charge in [-0.05, 0) is 25.5 Å². The molecule has 0 fully saturated rings. The van der Waals surface area contributed by atoms with Gasteiger partial charge in [-0.3, -0.25) is 0 Å². The number of rotatable bonds is 3. The van der Waals surface area contributed by atoms with E-state index < -0.39 is 0 Å². The third-order valence-electron chi connectivity index (χ3n) is 2.54. The Hall–Kier alpha value is -1.64. The van der Waals surface area contributed by atoms with Gasteiger partial charge in [0, 0.05) is 12.5 Å². The van der Waals surface area contributed by atoms with Crippen LogP contribution in [-0.2, 0) is 11.2 Å². The Bertz CT molecular complexity index is 485. The zero-order valence-corrected chi connectivity index (χ0v) is 8.97. The zero-order chi connectivity index (χ0) is 10.8. The van der Waals surface area contributed by atoms with Gasteiger partial charge in [-0.25, -0.2) is 4.98 Å². The van der Waals surface area contributed by atoms with Crippen LogP contribution in [0.25, 0.3) is 11.0 Å². The molecule has 0 aliphatic carbocycles. The lowest BCUT2D eigenvalue weighted by Crippen LogP contribution is -2.01. The van der Waals surface area contributed by atoms with E-state index in [1.54, 1.807) is 0 Å². The SMILES string of the molecule is CC(C)n1cnc2cccc(CC=O)c21. The number of carbonyl (C=O) groups is 1. The van der Waals surface area contributed by atoms with Crippen LogP contribution in [0.5, 0.6) is 0 Å². The highest BCUT2D eigenvalue weighted by atomic mass is 16.1. The summed E-state index contributed by atoms with van der Waals surface area (Å²) in [6.07, 6.45) is 3.23. The van der Waals surface area contributed by atoms with Crippen molar-refractivity contribution in [2.45, 2.75) is 26.3 Å². The lowest BCUT2D eigenvalue weighted by molar-refractivity contribution is -0.107. The van der Waals surface area contributed by atoms with Gasteiger partial charge < -0.3 is 9.36 Å². The van der Waals surface area contributed by atoms with Crippen molar-refractivity contribution in [2.75, 3.05) is 0 Å². The van der Waals surface area contributed by atoms with Crippen molar-refractivity contribution in [3.8, 4) is 0 Å². The highest BCUT2D eigenvalue weighted by molar-refractivity contribution is 5.81. The summed E-state index contributed by atoms with van der Waals surface area (Å²) < 4.78 is 2.11. The van der Waals surface area contributed by atoms with E-state index in [0.717, 1.165) is 22.9 Å². The maximum absolute atomic E-state index is 10.6. The molecular formula is C12H14N2O. The summed E-state index contributed by atoms with van der Waals surface area (Å²) in [5, 5.41) is 0. The second-order valence-electron chi connectivity index (χ2n) is 3.90. The number of benzene rings is 1. The van der Waals surface area contributed by atoms with E-state index in [-0.39, 0.29) is 0 Å². The lowest BCUT2D eigenvalue weighted by atomic mass is 10.1. The van der Waals surface area contributed by atoms with Crippen LogP contribution in [0, 0.1) is 0 Å². The quantitative estimate of drug-likeness (QED) is 0.716. The van der Waals surface area contributed by atoms with Gasteiger partial charge in [0.2, 0.25) is 0 Å². The number of hydrogen-bond acceptors (Lipinski definition) is 2. The normalized spacial score (nSPS) is 11.1. The predicted molar refractivity (Wildman–Crippen MR) is 59.9 cm³/mol. The monoisotopic (exact) mass is 202 g/mol. The van der Waals surface area contributed by atoms with Crippen molar-refractivity contribution >= 4 is 17.3 Å². The molecule has 0 amide bonds. The molecule has 0 bridgehead atoms. The fourth-order valence-corrected chi connectivity index (χ4v) is 1.81. The first kappa shape index (κ1) is 9.90. The summed E-state index contributed by atoms with van der Waals surface area (Å²) in [7, 11) is 0. The summed E-state index contributed by atoms with van der Waals surface area (Å²) in [6, 6.07) is 6.27. The summed E-state index contributed by atoms with van der Waals surface area (Å²) in [6.45, 7) is 4.22. The van der Waals surface area contributed by atoms with Crippen LogP contribution >= 0.6 is 0 Å². The van der Waals surface area contributed by atoms with Crippen molar-refractivity contribution in [1.82, 2.24) is 9.55 Å². The van der Waals surface area contributed by atoms with Gasteiger partial charge in [-0.15, -0.1) is 0 Å². The number of hydrogen-bond donors (Lipinski definition) is 0. The summed E-state index contributed by atoms with van der Waals surface area (Å²) >= 11 is 0. The number of carbonyl (C=O) groups excluding carboxylic acids is 1. The standard InChI is InChI=1S/C12H14N2O/c1-9(2)14-8-13-11-5-3-4-10(6-7-15)12(11)14/h3-5,7-9H,6H2,1-2H3. The van der Waals surface area contributed by atoms with Crippen LogP contribution in [0.3, 0.4) is 0 Å². The molecule has 1 aromatic carbocycles. The average Bonchev–Trinajstić information content (AvgIpc) is 2.62. The molecule has 0 atom stereocenters. The summed E-state index contributed by atoms with van der Waals surface area (Å²) in [5.41, 5.74) is 3.09. The van der Waals surface area contributed by atoms with Crippen molar-refractivity contribution in [2.24, 2.45) is 0 Å². The number of aromatic nitrogens is 2. The Kier molecular flexibility index (Phi) is 2.54. The van der Waals surface area contributed by atoms with E-state index in [1.165, 1.54) is 0 Å². The Morgan fingerprint density at radius 1 is 1.47 bits per heavy atom. The fraction of sp³-hybridized carbons (Fsp3) is 0.333. The number of aldehydes is 1. The highest BCUT2D eigenvalue weighted by Gasteiger charge is 2.09. The first-order chi connectivity index (χ1) is 7.24. The largest absolute Gasteiger partial charge is 0.328 e. The van der Waals surface area contributed by atoms with E-state index in [1.807, 2.05) is 24.5 Å². The third-order valence-corrected chi connectivity index (χ3v) is 2.54. The van der Waals surface area contributed by atoms with Gasteiger partial charge in [-0.1, -0.05) is 12.1 Å². The Morgan fingerprint density at radius 2 is 2.27 bits per heavy atom. The van der Waals surface area contributed by atoms with Gasteiger partial charge in [0.15, 0.2) is 0 Å². The van der Waals surface area contributed by atoms with Crippen molar-refractivity contribution < 1.29 is 4.79 Å². The molecule has 2 rings (SSSR count). The number of fused-ring (bicyclic) bond motifs is 1. The van der Waals surface area contributed by atoms with Crippen LogP contribution < -0.4 is 0 Å². The maximum atomic E-state index is 10.6. The van der Waals surface area contributed by atoms with E-state index in [9.17, 15) is 4.79 Å². The minimum atomic E-state index is 0.364. The number of imidazole rings is 1. The van der Waals surface area contributed by atoms with E-state index >= 15 is 0 Å². The second kappa shape index (κ2) is 3.85. The predicted octanol–water partition coefficient (Wildman–Crippen LogP) is 2.36. The topological polar surface area (TPSA) is 34.9 Å². The highest BCUT2D eigenvalue weighted by Crippen LogP contribution is 2.21.